The van der Waals surface area contributed by atoms with E-state index in [2.05, 4.69) is 5.32 Å². The highest BCUT2D eigenvalue weighted by atomic mass is 35.5. The lowest BCUT2D eigenvalue weighted by atomic mass is 10.1. The quantitative estimate of drug-likeness (QED) is 0.432. The summed E-state index contributed by atoms with van der Waals surface area (Å²) in [6, 6.07) is 9.61. The molecular formula is C24H29Cl3N2O3. The Hall–Kier alpha value is -1.95. The average Bonchev–Trinajstić information content (AvgIpc) is 2.75. The zero-order valence-electron chi connectivity index (χ0n) is 18.8. The van der Waals surface area contributed by atoms with Crippen molar-refractivity contribution >= 4 is 46.6 Å². The molecule has 0 spiro atoms. The lowest BCUT2D eigenvalue weighted by Gasteiger charge is -2.31. The predicted molar refractivity (Wildman–Crippen MR) is 131 cm³/mol. The maximum absolute atomic E-state index is 13.2. The first kappa shape index (κ1) is 26.3. The first-order valence-electron chi connectivity index (χ1n) is 10.6. The van der Waals surface area contributed by atoms with Crippen LogP contribution in [-0.4, -0.2) is 35.4 Å². The largest absolute Gasteiger partial charge is 0.484 e. The molecule has 0 aliphatic rings. The van der Waals surface area contributed by atoms with Crippen LogP contribution >= 0.6 is 34.8 Å². The Morgan fingerprint density at radius 3 is 2.34 bits per heavy atom. The summed E-state index contributed by atoms with van der Waals surface area (Å²) in [6.45, 7) is 7.58. The van der Waals surface area contributed by atoms with Crippen molar-refractivity contribution in [2.45, 2.75) is 59.2 Å². The number of hydrogen-bond acceptors (Lipinski definition) is 3. The van der Waals surface area contributed by atoms with Gasteiger partial charge in [0.15, 0.2) is 6.61 Å². The van der Waals surface area contributed by atoms with Gasteiger partial charge >= 0.3 is 0 Å². The molecule has 0 unspecified atom stereocenters. The fourth-order valence-corrected chi connectivity index (χ4v) is 3.71. The second-order valence-electron chi connectivity index (χ2n) is 7.70. The standard InChI is InChI=1S/C24H29Cl3N2O3/c1-5-16(4)28-24(31)22(6-2)29(13-17-7-8-18(25)12-21(17)27)23(30)14-32-19-9-10-20(26)15(3)11-19/h7-12,16,22H,5-6,13-14H2,1-4H3,(H,28,31)/t16-,22-/m0/s1. The zero-order chi connectivity index (χ0) is 23.8. The van der Waals surface area contributed by atoms with Crippen LogP contribution in [-0.2, 0) is 16.1 Å². The second kappa shape index (κ2) is 12.3. The Kier molecular flexibility index (Phi) is 10.1. The minimum Gasteiger partial charge on any atom is -0.484 e. The van der Waals surface area contributed by atoms with Gasteiger partial charge in [0.05, 0.1) is 0 Å². The van der Waals surface area contributed by atoms with Crippen LogP contribution in [0.5, 0.6) is 5.75 Å². The number of ether oxygens (including phenoxy) is 1. The number of nitrogens with one attached hydrogen (secondary N) is 1. The summed E-state index contributed by atoms with van der Waals surface area (Å²) in [5.74, 6) is -0.000717. The number of carbonyl (C=O) groups is 2. The van der Waals surface area contributed by atoms with Crippen molar-refractivity contribution in [1.82, 2.24) is 10.2 Å². The van der Waals surface area contributed by atoms with Gasteiger partial charge in [0.1, 0.15) is 11.8 Å². The third-order valence-corrected chi connectivity index (χ3v) is 6.25. The van der Waals surface area contributed by atoms with Crippen LogP contribution in [0.15, 0.2) is 36.4 Å². The Morgan fingerprint density at radius 1 is 1.03 bits per heavy atom. The minimum atomic E-state index is -0.668. The average molecular weight is 500 g/mol. The molecule has 32 heavy (non-hydrogen) atoms. The summed E-state index contributed by atoms with van der Waals surface area (Å²) in [4.78, 5) is 27.7. The van der Waals surface area contributed by atoms with Crippen molar-refractivity contribution in [2.75, 3.05) is 6.61 Å². The van der Waals surface area contributed by atoms with Crippen molar-refractivity contribution in [2.24, 2.45) is 0 Å². The number of rotatable bonds is 10. The van der Waals surface area contributed by atoms with E-state index in [1.165, 1.54) is 4.90 Å². The third kappa shape index (κ3) is 7.29. The van der Waals surface area contributed by atoms with Crippen LogP contribution in [0.4, 0.5) is 0 Å². The van der Waals surface area contributed by atoms with Crippen molar-refractivity contribution in [3.8, 4) is 5.75 Å². The number of hydrogen-bond donors (Lipinski definition) is 1. The summed E-state index contributed by atoms with van der Waals surface area (Å²) >= 11 is 18.4. The van der Waals surface area contributed by atoms with E-state index in [-0.39, 0.29) is 31.0 Å². The maximum Gasteiger partial charge on any atom is 0.261 e. The fourth-order valence-electron chi connectivity index (χ4n) is 3.13. The molecule has 1 N–H and O–H groups in total. The number of carbonyl (C=O) groups excluding carboxylic acids is 2. The van der Waals surface area contributed by atoms with E-state index in [1.54, 1.807) is 36.4 Å². The molecule has 2 aromatic carbocycles. The van der Waals surface area contributed by atoms with Gasteiger partial charge in [0, 0.05) is 27.7 Å². The lowest BCUT2D eigenvalue weighted by molar-refractivity contribution is -0.143. The summed E-state index contributed by atoms with van der Waals surface area (Å²) < 4.78 is 5.71. The van der Waals surface area contributed by atoms with Gasteiger partial charge in [-0.05, 0) is 68.1 Å². The van der Waals surface area contributed by atoms with Gasteiger partial charge in [0.25, 0.3) is 5.91 Å². The SMILES string of the molecule is CC[C@H](C)NC(=O)[C@H](CC)N(Cc1ccc(Cl)cc1Cl)C(=O)COc1ccc(Cl)c(C)c1. The summed E-state index contributed by atoms with van der Waals surface area (Å²) in [6.07, 6.45) is 1.23. The molecule has 5 nitrogen and oxygen atoms in total. The molecule has 0 fully saturated rings. The molecule has 0 aromatic heterocycles. The van der Waals surface area contributed by atoms with Crippen molar-refractivity contribution in [3.63, 3.8) is 0 Å². The summed E-state index contributed by atoms with van der Waals surface area (Å²) in [5.41, 5.74) is 1.54. The van der Waals surface area contributed by atoms with Crippen molar-refractivity contribution in [3.05, 3.63) is 62.6 Å². The molecule has 0 heterocycles. The van der Waals surface area contributed by atoms with Gasteiger partial charge in [-0.3, -0.25) is 9.59 Å². The molecule has 2 aromatic rings. The van der Waals surface area contributed by atoms with E-state index in [0.717, 1.165) is 12.0 Å². The molecule has 0 aliphatic heterocycles. The molecule has 0 bridgehead atoms. The molecule has 0 radical (unpaired) electrons. The summed E-state index contributed by atoms with van der Waals surface area (Å²) in [5, 5.41) is 4.52. The van der Waals surface area contributed by atoms with Gasteiger partial charge in [-0.15, -0.1) is 0 Å². The highest BCUT2D eigenvalue weighted by Gasteiger charge is 2.30. The van der Waals surface area contributed by atoms with E-state index >= 15 is 0 Å². The van der Waals surface area contributed by atoms with Crippen LogP contribution in [0.1, 0.15) is 44.7 Å². The second-order valence-corrected chi connectivity index (χ2v) is 8.95. The van der Waals surface area contributed by atoms with Crippen LogP contribution in [0.25, 0.3) is 0 Å². The van der Waals surface area contributed by atoms with Gasteiger partial charge in [-0.25, -0.2) is 0 Å². The van der Waals surface area contributed by atoms with Crippen molar-refractivity contribution < 1.29 is 14.3 Å². The van der Waals surface area contributed by atoms with Crippen molar-refractivity contribution in [1.29, 1.82) is 0 Å². The molecule has 0 saturated heterocycles. The number of aryl methyl sites for hydroxylation is 1. The Morgan fingerprint density at radius 2 is 1.75 bits per heavy atom. The number of nitrogens with zero attached hydrogens (tertiary/aromatic N) is 1. The molecule has 2 rings (SSSR count). The monoisotopic (exact) mass is 498 g/mol. The molecule has 0 saturated carbocycles. The third-order valence-electron chi connectivity index (χ3n) is 5.23. The highest BCUT2D eigenvalue weighted by Crippen LogP contribution is 2.25. The van der Waals surface area contributed by atoms with E-state index in [9.17, 15) is 9.59 Å². The Bertz CT molecular complexity index is 952. The van der Waals surface area contributed by atoms with Gasteiger partial charge in [0.2, 0.25) is 5.91 Å². The van der Waals surface area contributed by atoms with Gasteiger partial charge in [-0.2, -0.15) is 0 Å². The number of benzene rings is 2. The number of halogens is 3. The van der Waals surface area contributed by atoms with Gasteiger partial charge in [-0.1, -0.05) is 54.7 Å². The first-order chi connectivity index (χ1) is 15.2. The Labute approximate surface area is 205 Å². The maximum atomic E-state index is 13.2. The normalized spacial score (nSPS) is 12.7. The zero-order valence-corrected chi connectivity index (χ0v) is 21.0. The summed E-state index contributed by atoms with van der Waals surface area (Å²) in [7, 11) is 0. The fraction of sp³-hybridized carbons (Fsp3) is 0.417. The number of amides is 2. The predicted octanol–water partition coefficient (Wildman–Crippen LogP) is 6.06. The van der Waals surface area contributed by atoms with Gasteiger partial charge < -0.3 is 15.0 Å². The first-order valence-corrected chi connectivity index (χ1v) is 11.7. The van der Waals surface area contributed by atoms with E-state index in [4.69, 9.17) is 39.5 Å². The van der Waals surface area contributed by atoms with Crippen LogP contribution in [0, 0.1) is 6.92 Å². The van der Waals surface area contributed by atoms with E-state index in [0.29, 0.717) is 32.8 Å². The minimum absolute atomic E-state index is 0.000847. The molecular weight excluding hydrogens is 471 g/mol. The lowest BCUT2D eigenvalue weighted by Crippen LogP contribution is -2.51. The highest BCUT2D eigenvalue weighted by molar-refractivity contribution is 6.35. The Balaban J connectivity index is 2.26. The van der Waals surface area contributed by atoms with E-state index in [1.807, 2.05) is 27.7 Å². The topological polar surface area (TPSA) is 58.6 Å². The molecule has 2 atom stereocenters. The molecule has 8 heteroatoms. The van der Waals surface area contributed by atoms with E-state index < -0.39 is 6.04 Å². The van der Waals surface area contributed by atoms with Crippen LogP contribution in [0.2, 0.25) is 15.1 Å². The molecule has 2 amide bonds. The molecule has 0 aliphatic carbocycles. The van der Waals surface area contributed by atoms with Crippen LogP contribution < -0.4 is 10.1 Å². The van der Waals surface area contributed by atoms with Crippen LogP contribution in [0.3, 0.4) is 0 Å². The molecule has 174 valence electrons. The smallest absolute Gasteiger partial charge is 0.261 e.